The van der Waals surface area contributed by atoms with E-state index >= 15 is 0 Å². The lowest BCUT2D eigenvalue weighted by atomic mass is 10.0. The molecular formula is C22H28ClNO3. The monoisotopic (exact) mass is 389 g/mol. The lowest BCUT2D eigenvalue weighted by molar-refractivity contribution is -0.127. The lowest BCUT2D eigenvalue weighted by Gasteiger charge is -2.17. The van der Waals surface area contributed by atoms with Crippen LogP contribution < -0.4 is 14.8 Å². The minimum Gasteiger partial charge on any atom is -0.491 e. The van der Waals surface area contributed by atoms with Gasteiger partial charge in [0.25, 0.3) is 5.91 Å². The first-order chi connectivity index (χ1) is 12.8. The highest BCUT2D eigenvalue weighted by Crippen LogP contribution is 2.27. The Bertz CT molecular complexity index is 766. The number of ether oxygens (including phenoxy) is 2. The molecule has 27 heavy (non-hydrogen) atoms. The van der Waals surface area contributed by atoms with Gasteiger partial charge in [0.05, 0.1) is 6.54 Å². The van der Waals surface area contributed by atoms with Gasteiger partial charge in [0.15, 0.2) is 6.10 Å². The summed E-state index contributed by atoms with van der Waals surface area (Å²) in [6.07, 6.45) is -0.604. The van der Waals surface area contributed by atoms with Gasteiger partial charge in [-0.15, -0.1) is 0 Å². The van der Waals surface area contributed by atoms with E-state index < -0.39 is 6.10 Å². The van der Waals surface area contributed by atoms with E-state index in [1.165, 1.54) is 0 Å². The highest BCUT2D eigenvalue weighted by molar-refractivity contribution is 6.32. The van der Waals surface area contributed by atoms with Gasteiger partial charge in [-0.3, -0.25) is 4.79 Å². The normalized spacial score (nSPS) is 12.0. The first kappa shape index (κ1) is 21.1. The number of carbonyl (C=O) groups excluding carboxylic acids is 1. The van der Waals surface area contributed by atoms with Gasteiger partial charge in [-0.1, -0.05) is 43.6 Å². The van der Waals surface area contributed by atoms with Crippen molar-refractivity contribution in [2.24, 2.45) is 0 Å². The van der Waals surface area contributed by atoms with Crippen molar-refractivity contribution in [1.29, 1.82) is 0 Å². The van der Waals surface area contributed by atoms with E-state index in [4.69, 9.17) is 21.1 Å². The summed E-state index contributed by atoms with van der Waals surface area (Å²) in [6, 6.07) is 11.6. The summed E-state index contributed by atoms with van der Waals surface area (Å²) in [5.41, 5.74) is 3.02. The molecule has 2 rings (SSSR count). The van der Waals surface area contributed by atoms with Gasteiger partial charge in [-0.05, 0) is 61.6 Å². The van der Waals surface area contributed by atoms with E-state index in [9.17, 15) is 4.79 Å². The summed E-state index contributed by atoms with van der Waals surface area (Å²) >= 11 is 6.17. The standard InChI is InChI=1S/C22H28ClNO3/c1-14(2)19-8-6-7-9-20(19)26-11-10-24-22(25)17(5)27-18-12-15(3)21(23)16(4)13-18/h6-9,12-14,17H,10-11H2,1-5H3,(H,24,25)/t17-/m1/s1. The molecule has 0 saturated heterocycles. The summed E-state index contributed by atoms with van der Waals surface area (Å²) in [6.45, 7) is 10.6. The van der Waals surface area contributed by atoms with Crippen molar-refractivity contribution in [1.82, 2.24) is 5.32 Å². The van der Waals surface area contributed by atoms with Crippen molar-refractivity contribution in [2.45, 2.75) is 46.6 Å². The predicted octanol–water partition coefficient (Wildman–Crippen LogP) is 5.04. The highest BCUT2D eigenvalue weighted by atomic mass is 35.5. The van der Waals surface area contributed by atoms with Crippen LogP contribution in [0.15, 0.2) is 36.4 Å². The summed E-state index contributed by atoms with van der Waals surface area (Å²) in [5, 5.41) is 3.57. The Balaban J connectivity index is 1.82. The van der Waals surface area contributed by atoms with Gasteiger partial charge in [0, 0.05) is 5.02 Å². The van der Waals surface area contributed by atoms with Crippen LogP contribution in [0.1, 0.15) is 43.4 Å². The number of hydrogen-bond donors (Lipinski definition) is 1. The molecule has 0 fully saturated rings. The zero-order chi connectivity index (χ0) is 20.0. The summed E-state index contributed by atoms with van der Waals surface area (Å²) in [5.74, 6) is 1.70. The van der Waals surface area contributed by atoms with E-state index in [0.29, 0.717) is 24.8 Å². The second kappa shape index (κ2) is 9.65. The summed E-state index contributed by atoms with van der Waals surface area (Å²) in [7, 11) is 0. The molecule has 0 radical (unpaired) electrons. The van der Waals surface area contributed by atoms with Crippen LogP contribution in [0.5, 0.6) is 11.5 Å². The summed E-state index contributed by atoms with van der Waals surface area (Å²) in [4.78, 5) is 12.3. The minimum absolute atomic E-state index is 0.180. The molecular weight excluding hydrogens is 362 g/mol. The van der Waals surface area contributed by atoms with E-state index in [1.807, 2.05) is 44.2 Å². The van der Waals surface area contributed by atoms with Crippen LogP contribution in [0.4, 0.5) is 0 Å². The molecule has 0 aliphatic carbocycles. The smallest absolute Gasteiger partial charge is 0.260 e. The Labute approximate surface area is 166 Å². The number of halogens is 1. The zero-order valence-corrected chi connectivity index (χ0v) is 17.4. The third-order valence-corrected chi connectivity index (χ3v) is 4.89. The Morgan fingerprint density at radius 2 is 1.74 bits per heavy atom. The fraction of sp³-hybridized carbons (Fsp3) is 0.409. The number of nitrogens with one attached hydrogen (secondary N) is 1. The Morgan fingerprint density at radius 3 is 2.37 bits per heavy atom. The molecule has 5 heteroatoms. The molecule has 1 N–H and O–H groups in total. The number of para-hydroxylation sites is 1. The maximum atomic E-state index is 12.3. The van der Waals surface area contributed by atoms with Gasteiger partial charge in [0.1, 0.15) is 18.1 Å². The van der Waals surface area contributed by atoms with Gasteiger partial charge in [0.2, 0.25) is 0 Å². The Morgan fingerprint density at radius 1 is 1.11 bits per heavy atom. The molecule has 2 aromatic rings. The molecule has 0 saturated carbocycles. The third kappa shape index (κ3) is 5.90. The predicted molar refractivity (Wildman–Crippen MR) is 110 cm³/mol. The molecule has 2 aromatic carbocycles. The van der Waals surface area contributed by atoms with Crippen molar-refractivity contribution >= 4 is 17.5 Å². The fourth-order valence-electron chi connectivity index (χ4n) is 2.80. The van der Waals surface area contributed by atoms with E-state index in [0.717, 1.165) is 27.5 Å². The molecule has 0 spiro atoms. The molecule has 0 heterocycles. The van der Waals surface area contributed by atoms with Gasteiger partial charge < -0.3 is 14.8 Å². The third-order valence-electron chi connectivity index (χ3n) is 4.29. The van der Waals surface area contributed by atoms with Crippen LogP contribution in [0.3, 0.4) is 0 Å². The number of benzene rings is 2. The Kier molecular flexibility index (Phi) is 7.55. The molecule has 4 nitrogen and oxygen atoms in total. The molecule has 0 aromatic heterocycles. The number of amides is 1. The van der Waals surface area contributed by atoms with E-state index in [-0.39, 0.29) is 5.91 Å². The maximum absolute atomic E-state index is 12.3. The highest BCUT2D eigenvalue weighted by Gasteiger charge is 2.15. The average Bonchev–Trinajstić information content (AvgIpc) is 2.63. The van der Waals surface area contributed by atoms with E-state index in [1.54, 1.807) is 6.92 Å². The molecule has 0 bridgehead atoms. The van der Waals surface area contributed by atoms with Crippen molar-refractivity contribution in [3.63, 3.8) is 0 Å². The molecule has 146 valence electrons. The largest absolute Gasteiger partial charge is 0.491 e. The Hall–Kier alpha value is -2.20. The van der Waals surface area contributed by atoms with E-state index in [2.05, 4.69) is 25.2 Å². The van der Waals surface area contributed by atoms with Crippen molar-refractivity contribution in [3.8, 4) is 11.5 Å². The minimum atomic E-state index is -0.604. The summed E-state index contributed by atoms with van der Waals surface area (Å²) < 4.78 is 11.6. The van der Waals surface area contributed by atoms with Crippen LogP contribution in [0, 0.1) is 13.8 Å². The van der Waals surface area contributed by atoms with Crippen LogP contribution in [0.25, 0.3) is 0 Å². The average molecular weight is 390 g/mol. The van der Waals surface area contributed by atoms with Crippen molar-refractivity contribution in [3.05, 3.63) is 58.1 Å². The second-order valence-electron chi connectivity index (χ2n) is 6.96. The second-order valence-corrected chi connectivity index (χ2v) is 7.34. The SMILES string of the molecule is Cc1cc(O[C@H](C)C(=O)NCCOc2ccccc2C(C)C)cc(C)c1Cl. The van der Waals surface area contributed by atoms with Gasteiger partial charge >= 0.3 is 0 Å². The zero-order valence-electron chi connectivity index (χ0n) is 16.6. The molecule has 1 amide bonds. The fourth-order valence-corrected chi connectivity index (χ4v) is 2.91. The quantitative estimate of drug-likeness (QED) is 0.643. The first-order valence-electron chi connectivity index (χ1n) is 9.22. The van der Waals surface area contributed by atoms with Crippen LogP contribution in [-0.2, 0) is 4.79 Å². The number of rotatable bonds is 8. The number of carbonyl (C=O) groups is 1. The topological polar surface area (TPSA) is 47.6 Å². The maximum Gasteiger partial charge on any atom is 0.260 e. The van der Waals surface area contributed by atoms with Crippen molar-refractivity contribution in [2.75, 3.05) is 13.2 Å². The van der Waals surface area contributed by atoms with Crippen LogP contribution in [0.2, 0.25) is 5.02 Å². The van der Waals surface area contributed by atoms with Gasteiger partial charge in [-0.25, -0.2) is 0 Å². The number of hydrogen-bond acceptors (Lipinski definition) is 3. The lowest BCUT2D eigenvalue weighted by Crippen LogP contribution is -2.38. The molecule has 0 unspecified atom stereocenters. The van der Waals surface area contributed by atoms with Crippen LogP contribution >= 0.6 is 11.6 Å². The van der Waals surface area contributed by atoms with Crippen LogP contribution in [-0.4, -0.2) is 25.2 Å². The first-order valence-corrected chi connectivity index (χ1v) is 9.60. The molecule has 0 aliphatic rings. The van der Waals surface area contributed by atoms with Crippen molar-refractivity contribution < 1.29 is 14.3 Å². The molecule has 0 aliphatic heterocycles. The van der Waals surface area contributed by atoms with Gasteiger partial charge in [-0.2, -0.15) is 0 Å². The number of aryl methyl sites for hydroxylation is 2. The molecule has 1 atom stereocenters.